The highest BCUT2D eigenvalue weighted by atomic mass is 15.3. The van der Waals surface area contributed by atoms with Gasteiger partial charge >= 0.3 is 0 Å². The highest BCUT2D eigenvalue weighted by Crippen LogP contribution is 2.16. The van der Waals surface area contributed by atoms with Crippen molar-refractivity contribution < 1.29 is 0 Å². The molecule has 1 aromatic rings. The van der Waals surface area contributed by atoms with Crippen molar-refractivity contribution in [2.24, 2.45) is 5.73 Å². The van der Waals surface area contributed by atoms with Gasteiger partial charge in [0.15, 0.2) is 0 Å². The van der Waals surface area contributed by atoms with E-state index in [0.717, 1.165) is 18.8 Å². The summed E-state index contributed by atoms with van der Waals surface area (Å²) in [6.07, 6.45) is 3.65. The summed E-state index contributed by atoms with van der Waals surface area (Å²) in [6, 6.07) is 1.75. The summed E-state index contributed by atoms with van der Waals surface area (Å²) in [6.45, 7) is 3.91. The molecule has 0 saturated carbocycles. The smallest absolute Gasteiger partial charge is 0.226 e. The molecule has 5 heteroatoms. The van der Waals surface area contributed by atoms with E-state index >= 15 is 0 Å². The van der Waals surface area contributed by atoms with E-state index in [0.29, 0.717) is 11.6 Å². The zero-order valence-electron chi connectivity index (χ0n) is 9.53. The second kappa shape index (κ2) is 4.47. The van der Waals surface area contributed by atoms with Crippen LogP contribution in [0.25, 0.3) is 0 Å². The Kier molecular flexibility index (Phi) is 3.03. The van der Waals surface area contributed by atoms with Crippen molar-refractivity contribution in [3.63, 3.8) is 0 Å². The molecule has 1 aliphatic rings. The zero-order chi connectivity index (χ0) is 11.5. The number of anilines is 1. The molecule has 1 fully saturated rings. The lowest BCUT2D eigenvalue weighted by Crippen LogP contribution is -2.31. The molecule has 0 amide bonds. The van der Waals surface area contributed by atoms with E-state index in [-0.39, 0.29) is 5.84 Å². The molecule has 2 heterocycles. The van der Waals surface area contributed by atoms with Gasteiger partial charge in [0.2, 0.25) is 5.95 Å². The predicted molar refractivity (Wildman–Crippen MR) is 63.8 cm³/mol. The Morgan fingerprint density at radius 2 is 2.00 bits per heavy atom. The van der Waals surface area contributed by atoms with Crippen LogP contribution in [0.1, 0.15) is 30.7 Å². The number of rotatable bonds is 2. The van der Waals surface area contributed by atoms with Crippen LogP contribution in [-0.4, -0.2) is 28.9 Å². The standard InChI is InChI=1S/C11H17N5/c1-8-7-9(10(12)13)15-11(14-8)16-5-3-2-4-6-16/h7H,2-6H2,1H3,(H3,12,13). The molecule has 0 radical (unpaired) electrons. The molecule has 0 spiro atoms. The maximum Gasteiger partial charge on any atom is 0.226 e. The lowest BCUT2D eigenvalue weighted by Gasteiger charge is -2.27. The Hall–Kier alpha value is -1.65. The number of hydrogen-bond donors (Lipinski definition) is 2. The van der Waals surface area contributed by atoms with Crippen LogP contribution in [0.2, 0.25) is 0 Å². The first-order valence-corrected chi connectivity index (χ1v) is 5.62. The number of aromatic nitrogens is 2. The first kappa shape index (κ1) is 10.9. The molecule has 0 bridgehead atoms. The van der Waals surface area contributed by atoms with E-state index in [1.807, 2.05) is 6.92 Å². The van der Waals surface area contributed by atoms with Crippen LogP contribution in [0.3, 0.4) is 0 Å². The minimum absolute atomic E-state index is 0.00348. The summed E-state index contributed by atoms with van der Waals surface area (Å²) in [7, 11) is 0. The maximum atomic E-state index is 7.41. The Morgan fingerprint density at radius 1 is 1.31 bits per heavy atom. The molecule has 5 nitrogen and oxygen atoms in total. The second-order valence-electron chi connectivity index (χ2n) is 4.16. The largest absolute Gasteiger partial charge is 0.382 e. The lowest BCUT2D eigenvalue weighted by molar-refractivity contribution is 0.567. The number of nitrogens with one attached hydrogen (secondary N) is 1. The van der Waals surface area contributed by atoms with Gasteiger partial charge in [-0.25, -0.2) is 9.97 Å². The predicted octanol–water partition coefficient (Wildman–Crippen LogP) is 1.06. The van der Waals surface area contributed by atoms with Crippen molar-refractivity contribution in [1.29, 1.82) is 5.41 Å². The van der Waals surface area contributed by atoms with Crippen LogP contribution in [0.4, 0.5) is 5.95 Å². The Bertz CT molecular complexity index is 395. The van der Waals surface area contributed by atoms with Crippen molar-refractivity contribution in [2.45, 2.75) is 26.2 Å². The summed E-state index contributed by atoms with van der Waals surface area (Å²) in [5, 5.41) is 7.41. The molecule has 16 heavy (non-hydrogen) atoms. The summed E-state index contributed by atoms with van der Waals surface area (Å²) >= 11 is 0. The molecular formula is C11H17N5. The van der Waals surface area contributed by atoms with Crippen molar-refractivity contribution in [1.82, 2.24) is 9.97 Å². The fourth-order valence-electron chi connectivity index (χ4n) is 1.93. The van der Waals surface area contributed by atoms with Crippen molar-refractivity contribution in [3.05, 3.63) is 17.5 Å². The van der Waals surface area contributed by atoms with Gasteiger partial charge in [-0.1, -0.05) is 0 Å². The van der Waals surface area contributed by atoms with E-state index in [4.69, 9.17) is 11.1 Å². The lowest BCUT2D eigenvalue weighted by atomic mass is 10.1. The highest BCUT2D eigenvalue weighted by Gasteiger charge is 2.15. The average molecular weight is 219 g/mol. The van der Waals surface area contributed by atoms with E-state index in [2.05, 4.69) is 14.9 Å². The molecule has 3 N–H and O–H groups in total. The monoisotopic (exact) mass is 219 g/mol. The first-order chi connectivity index (χ1) is 7.66. The highest BCUT2D eigenvalue weighted by molar-refractivity contribution is 5.93. The van der Waals surface area contributed by atoms with Gasteiger partial charge in [0, 0.05) is 18.8 Å². The fraction of sp³-hybridized carbons (Fsp3) is 0.545. The average Bonchev–Trinajstić information content (AvgIpc) is 2.29. The van der Waals surface area contributed by atoms with Crippen LogP contribution in [0, 0.1) is 12.3 Å². The molecule has 1 saturated heterocycles. The SMILES string of the molecule is Cc1cc(C(=N)N)nc(N2CCCCC2)n1. The molecule has 0 aromatic carbocycles. The van der Waals surface area contributed by atoms with Crippen LogP contribution < -0.4 is 10.6 Å². The Balaban J connectivity index is 2.28. The summed E-state index contributed by atoms with van der Waals surface area (Å²) in [5.74, 6) is 0.716. The second-order valence-corrected chi connectivity index (χ2v) is 4.16. The van der Waals surface area contributed by atoms with E-state index < -0.39 is 0 Å². The van der Waals surface area contributed by atoms with Gasteiger partial charge in [-0.15, -0.1) is 0 Å². The van der Waals surface area contributed by atoms with Gasteiger partial charge in [-0.3, -0.25) is 5.41 Å². The van der Waals surface area contributed by atoms with Gasteiger partial charge in [-0.05, 0) is 32.3 Å². The maximum absolute atomic E-state index is 7.41. The minimum atomic E-state index is 0.00348. The van der Waals surface area contributed by atoms with Crippen molar-refractivity contribution >= 4 is 11.8 Å². The normalized spacial score (nSPS) is 16.2. The van der Waals surface area contributed by atoms with Gasteiger partial charge in [0.05, 0.1) is 0 Å². The van der Waals surface area contributed by atoms with E-state index in [1.165, 1.54) is 19.3 Å². The third kappa shape index (κ3) is 2.29. The number of nitrogens with two attached hydrogens (primary N) is 1. The van der Waals surface area contributed by atoms with Crippen molar-refractivity contribution in [2.75, 3.05) is 18.0 Å². The van der Waals surface area contributed by atoms with Crippen LogP contribution >= 0.6 is 0 Å². The molecule has 0 unspecified atom stereocenters. The fourth-order valence-corrected chi connectivity index (χ4v) is 1.93. The summed E-state index contributed by atoms with van der Waals surface area (Å²) in [5.41, 5.74) is 6.84. The Morgan fingerprint density at radius 3 is 2.62 bits per heavy atom. The zero-order valence-corrected chi connectivity index (χ0v) is 9.53. The van der Waals surface area contributed by atoms with Gasteiger partial charge in [0.1, 0.15) is 11.5 Å². The van der Waals surface area contributed by atoms with Gasteiger partial charge in [-0.2, -0.15) is 0 Å². The number of aryl methyl sites for hydroxylation is 1. The van der Waals surface area contributed by atoms with Crippen LogP contribution in [0.5, 0.6) is 0 Å². The molecule has 1 aromatic heterocycles. The summed E-state index contributed by atoms with van der Waals surface area (Å²) < 4.78 is 0. The molecule has 86 valence electrons. The molecular weight excluding hydrogens is 202 g/mol. The number of amidine groups is 1. The topological polar surface area (TPSA) is 78.9 Å². The molecule has 2 rings (SSSR count). The van der Waals surface area contributed by atoms with Crippen LogP contribution in [-0.2, 0) is 0 Å². The Labute approximate surface area is 95.2 Å². The van der Waals surface area contributed by atoms with Gasteiger partial charge < -0.3 is 10.6 Å². The number of piperidine rings is 1. The summed E-state index contributed by atoms with van der Waals surface area (Å²) in [4.78, 5) is 10.9. The molecule has 0 aliphatic carbocycles. The van der Waals surface area contributed by atoms with E-state index in [9.17, 15) is 0 Å². The van der Waals surface area contributed by atoms with Crippen LogP contribution in [0.15, 0.2) is 6.07 Å². The van der Waals surface area contributed by atoms with E-state index in [1.54, 1.807) is 6.07 Å². The molecule has 0 atom stereocenters. The van der Waals surface area contributed by atoms with Gasteiger partial charge in [0.25, 0.3) is 0 Å². The number of nitrogen functional groups attached to an aromatic ring is 1. The quantitative estimate of drug-likeness (QED) is 0.576. The minimum Gasteiger partial charge on any atom is -0.382 e. The number of nitrogens with zero attached hydrogens (tertiary/aromatic N) is 3. The van der Waals surface area contributed by atoms with Crippen molar-refractivity contribution in [3.8, 4) is 0 Å². The number of hydrogen-bond acceptors (Lipinski definition) is 4. The third-order valence-corrected chi connectivity index (χ3v) is 2.76. The molecule has 1 aliphatic heterocycles. The first-order valence-electron chi connectivity index (χ1n) is 5.62. The third-order valence-electron chi connectivity index (χ3n) is 2.76.